The molecule has 1 unspecified atom stereocenters. The Balaban J connectivity index is 2.52. The van der Waals surface area contributed by atoms with Crippen LogP contribution in [0.15, 0.2) is 29.4 Å². The third kappa shape index (κ3) is 4.65. The van der Waals surface area contributed by atoms with Gasteiger partial charge in [-0.3, -0.25) is 4.79 Å². The van der Waals surface area contributed by atoms with E-state index in [1.54, 1.807) is 13.1 Å². The lowest BCUT2D eigenvalue weighted by Crippen LogP contribution is -2.32. The van der Waals surface area contributed by atoms with Gasteiger partial charge in [0.25, 0.3) is 0 Å². The van der Waals surface area contributed by atoms with E-state index in [0.717, 1.165) is 11.1 Å². The molecule has 0 saturated heterocycles. The summed E-state index contributed by atoms with van der Waals surface area (Å²) in [5.41, 5.74) is 7.31. The fourth-order valence-corrected chi connectivity index (χ4v) is 1.30. The molecule has 0 heterocycles. The Kier molecular flexibility index (Phi) is 5.16. The van der Waals surface area contributed by atoms with Crippen LogP contribution in [0.3, 0.4) is 0 Å². The van der Waals surface area contributed by atoms with Gasteiger partial charge < -0.3 is 15.7 Å². The summed E-state index contributed by atoms with van der Waals surface area (Å²) in [6.45, 7) is 2.17. The highest BCUT2D eigenvalue weighted by Crippen LogP contribution is 2.07. The van der Waals surface area contributed by atoms with Crippen molar-refractivity contribution < 1.29 is 14.7 Å². The molecular formula is C12H16N2O3. The second-order valence-electron chi connectivity index (χ2n) is 3.60. The Hall–Kier alpha value is -1.88. The van der Waals surface area contributed by atoms with Gasteiger partial charge in [-0.1, -0.05) is 29.4 Å². The van der Waals surface area contributed by atoms with E-state index in [-0.39, 0.29) is 0 Å². The minimum atomic E-state index is -0.991. The predicted octanol–water partition coefficient (Wildman–Crippen LogP) is 1.16. The number of aliphatic carboxylic acids is 1. The van der Waals surface area contributed by atoms with Crippen LogP contribution in [0.2, 0.25) is 0 Å². The number of carboxylic acid groups (broad SMARTS) is 1. The lowest BCUT2D eigenvalue weighted by Gasteiger charge is -2.07. The van der Waals surface area contributed by atoms with Gasteiger partial charge in [-0.05, 0) is 24.5 Å². The molecular weight excluding hydrogens is 220 g/mol. The third-order valence-electron chi connectivity index (χ3n) is 2.21. The maximum absolute atomic E-state index is 10.6. The molecule has 5 heteroatoms. The zero-order valence-electron chi connectivity index (χ0n) is 9.67. The lowest BCUT2D eigenvalue weighted by molar-refractivity contribution is -0.138. The topological polar surface area (TPSA) is 84.9 Å². The first-order chi connectivity index (χ1) is 8.13. The third-order valence-corrected chi connectivity index (χ3v) is 2.21. The van der Waals surface area contributed by atoms with E-state index in [1.807, 2.05) is 24.3 Å². The monoisotopic (exact) mass is 236 g/mol. The first-order valence-electron chi connectivity index (χ1n) is 5.29. The second kappa shape index (κ2) is 6.65. The van der Waals surface area contributed by atoms with Crippen molar-refractivity contribution in [2.45, 2.75) is 26.0 Å². The van der Waals surface area contributed by atoms with Crippen molar-refractivity contribution in [1.29, 1.82) is 0 Å². The summed E-state index contributed by atoms with van der Waals surface area (Å²) in [6.07, 6.45) is 1.89. The van der Waals surface area contributed by atoms with E-state index in [1.165, 1.54) is 0 Å². The molecule has 0 aliphatic carbocycles. The number of hydrogen-bond acceptors (Lipinski definition) is 4. The predicted molar refractivity (Wildman–Crippen MR) is 64.7 cm³/mol. The highest BCUT2D eigenvalue weighted by molar-refractivity contribution is 5.73. The zero-order chi connectivity index (χ0) is 12.7. The van der Waals surface area contributed by atoms with Gasteiger partial charge in [-0.2, -0.15) is 0 Å². The molecule has 1 aromatic rings. The number of carbonyl (C=O) groups is 1. The first kappa shape index (κ1) is 13.2. The molecule has 1 rings (SSSR count). The Morgan fingerprint density at radius 1 is 1.47 bits per heavy atom. The van der Waals surface area contributed by atoms with Gasteiger partial charge in [0.15, 0.2) is 0 Å². The molecule has 0 aliphatic rings. The second-order valence-corrected chi connectivity index (χ2v) is 3.60. The van der Waals surface area contributed by atoms with E-state index < -0.39 is 12.0 Å². The van der Waals surface area contributed by atoms with E-state index in [4.69, 9.17) is 15.7 Å². The van der Waals surface area contributed by atoms with Gasteiger partial charge in [-0.25, -0.2) is 0 Å². The number of nitrogens with zero attached hydrogens (tertiary/aromatic N) is 1. The van der Waals surface area contributed by atoms with Gasteiger partial charge in [-0.15, -0.1) is 0 Å². The Bertz CT molecular complexity index is 387. The van der Waals surface area contributed by atoms with Crippen LogP contribution in [-0.2, 0) is 22.7 Å². The van der Waals surface area contributed by atoms with Crippen molar-refractivity contribution in [1.82, 2.24) is 0 Å². The van der Waals surface area contributed by atoms with Crippen LogP contribution in [0.5, 0.6) is 0 Å². The van der Waals surface area contributed by atoms with Crippen molar-refractivity contribution in [2.75, 3.05) is 0 Å². The molecule has 3 N–H and O–H groups in total. The average Bonchev–Trinajstić information content (AvgIpc) is 2.31. The van der Waals surface area contributed by atoms with E-state index in [2.05, 4.69) is 5.16 Å². The van der Waals surface area contributed by atoms with Gasteiger partial charge >= 0.3 is 5.97 Å². The maximum Gasteiger partial charge on any atom is 0.320 e. The summed E-state index contributed by atoms with van der Waals surface area (Å²) in [7, 11) is 0. The molecule has 0 aliphatic heterocycles. The number of carboxylic acids is 1. The van der Waals surface area contributed by atoms with Crippen LogP contribution < -0.4 is 5.73 Å². The van der Waals surface area contributed by atoms with Crippen molar-refractivity contribution in [3.63, 3.8) is 0 Å². The smallest absolute Gasteiger partial charge is 0.320 e. The number of benzene rings is 1. The minimum absolute atomic E-state index is 0.323. The van der Waals surface area contributed by atoms with Crippen LogP contribution in [0, 0.1) is 0 Å². The van der Waals surface area contributed by atoms with Crippen molar-refractivity contribution >= 4 is 12.2 Å². The van der Waals surface area contributed by atoms with Crippen LogP contribution in [0.4, 0.5) is 0 Å². The molecule has 0 bridgehead atoms. The molecule has 0 radical (unpaired) electrons. The standard InChI is InChI=1S/C12H16N2O3/c1-2-14-17-8-10-5-3-9(4-6-10)7-11(13)12(15)16/h2-6,11H,7-8,13H2,1H3,(H,15,16)/b14-2-. The molecule has 17 heavy (non-hydrogen) atoms. The van der Waals surface area contributed by atoms with Gasteiger partial charge in [0.1, 0.15) is 12.6 Å². The fourth-order valence-electron chi connectivity index (χ4n) is 1.30. The van der Waals surface area contributed by atoms with E-state index in [0.29, 0.717) is 13.0 Å². The largest absolute Gasteiger partial charge is 0.480 e. The maximum atomic E-state index is 10.6. The Labute approximate surface area is 99.9 Å². The molecule has 0 fully saturated rings. The highest BCUT2D eigenvalue weighted by Gasteiger charge is 2.11. The molecule has 1 atom stereocenters. The van der Waals surface area contributed by atoms with Crippen LogP contribution >= 0.6 is 0 Å². The van der Waals surface area contributed by atoms with Crippen LogP contribution in [-0.4, -0.2) is 23.3 Å². The van der Waals surface area contributed by atoms with Gasteiger partial charge in [0.05, 0.1) is 0 Å². The Morgan fingerprint density at radius 3 is 2.59 bits per heavy atom. The number of nitrogens with two attached hydrogens (primary N) is 1. The van der Waals surface area contributed by atoms with Gasteiger partial charge in [0.2, 0.25) is 0 Å². The van der Waals surface area contributed by atoms with Crippen LogP contribution in [0.1, 0.15) is 18.1 Å². The molecule has 0 amide bonds. The van der Waals surface area contributed by atoms with E-state index in [9.17, 15) is 4.79 Å². The van der Waals surface area contributed by atoms with Crippen LogP contribution in [0.25, 0.3) is 0 Å². The SMILES string of the molecule is C/C=N\OCc1ccc(CC(N)C(=O)O)cc1. The fraction of sp³-hybridized carbons (Fsp3) is 0.333. The summed E-state index contributed by atoms with van der Waals surface area (Å²) in [5, 5.41) is 12.3. The molecule has 92 valence electrons. The summed E-state index contributed by atoms with van der Waals surface area (Å²) in [5.74, 6) is -0.991. The molecule has 1 aromatic carbocycles. The lowest BCUT2D eigenvalue weighted by atomic mass is 10.1. The molecule has 5 nitrogen and oxygen atoms in total. The average molecular weight is 236 g/mol. The van der Waals surface area contributed by atoms with Crippen molar-refractivity contribution in [3.05, 3.63) is 35.4 Å². The summed E-state index contributed by atoms with van der Waals surface area (Å²) in [6, 6.07) is 6.57. The molecule has 0 spiro atoms. The van der Waals surface area contributed by atoms with Crippen molar-refractivity contribution in [2.24, 2.45) is 10.9 Å². The quantitative estimate of drug-likeness (QED) is 0.573. The summed E-state index contributed by atoms with van der Waals surface area (Å²) < 4.78 is 0. The highest BCUT2D eigenvalue weighted by atomic mass is 16.6. The van der Waals surface area contributed by atoms with Crippen molar-refractivity contribution in [3.8, 4) is 0 Å². The normalized spacial score (nSPS) is 12.6. The number of oxime groups is 1. The number of hydrogen-bond donors (Lipinski definition) is 2. The number of rotatable bonds is 6. The minimum Gasteiger partial charge on any atom is -0.480 e. The van der Waals surface area contributed by atoms with E-state index >= 15 is 0 Å². The molecule has 0 aromatic heterocycles. The zero-order valence-corrected chi connectivity index (χ0v) is 9.67. The first-order valence-corrected chi connectivity index (χ1v) is 5.29. The Morgan fingerprint density at radius 2 is 2.06 bits per heavy atom. The molecule has 0 saturated carbocycles. The summed E-state index contributed by atoms with van der Waals surface area (Å²) >= 11 is 0. The summed E-state index contributed by atoms with van der Waals surface area (Å²) in [4.78, 5) is 15.6. The van der Waals surface area contributed by atoms with Gasteiger partial charge in [0, 0.05) is 6.21 Å².